The standard InChI is InChI=1S/C20H22N4S/c1-13-11-19(13)15-7-9-16(10-8-15)21-17-5-4-6-18(12-17)24-14(2)23(3)22-20(24)25/h4-10,12-13,19,21H,11H2,1-3H3. The van der Waals surface area contributed by atoms with Crippen LogP contribution in [-0.4, -0.2) is 9.78 Å². The molecule has 5 heteroatoms. The Labute approximate surface area is 153 Å². The van der Waals surface area contributed by atoms with Crippen molar-refractivity contribution in [3.63, 3.8) is 0 Å². The van der Waals surface area contributed by atoms with Crippen LogP contribution in [0.3, 0.4) is 0 Å². The highest BCUT2D eigenvalue weighted by Crippen LogP contribution is 2.46. The summed E-state index contributed by atoms with van der Waals surface area (Å²) >= 11 is 5.38. The van der Waals surface area contributed by atoms with E-state index in [1.165, 1.54) is 12.0 Å². The van der Waals surface area contributed by atoms with Gasteiger partial charge in [-0.2, -0.15) is 0 Å². The maximum Gasteiger partial charge on any atom is 0.236 e. The number of hydrogen-bond acceptors (Lipinski definition) is 3. The molecule has 0 bridgehead atoms. The van der Waals surface area contributed by atoms with Gasteiger partial charge in [0.05, 0.1) is 7.05 Å². The van der Waals surface area contributed by atoms with Crippen molar-refractivity contribution in [1.29, 1.82) is 0 Å². The summed E-state index contributed by atoms with van der Waals surface area (Å²) in [5.41, 5.74) is 4.60. The smallest absolute Gasteiger partial charge is 0.236 e. The van der Waals surface area contributed by atoms with Crippen molar-refractivity contribution in [2.24, 2.45) is 13.0 Å². The molecule has 2 atom stereocenters. The molecule has 2 aromatic carbocycles. The first-order valence-electron chi connectivity index (χ1n) is 8.63. The molecule has 1 aliphatic rings. The second kappa shape index (κ2) is 6.15. The summed E-state index contributed by atoms with van der Waals surface area (Å²) in [5.74, 6) is 2.60. The SMILES string of the molecule is Cc1n(C)nc([S-])[n+]1-c1cccc(Nc2ccc(C3CC3C)cc2)c1. The predicted molar refractivity (Wildman–Crippen MR) is 101 cm³/mol. The van der Waals surface area contributed by atoms with Gasteiger partial charge in [-0.05, 0) is 48.1 Å². The van der Waals surface area contributed by atoms with Gasteiger partial charge >= 0.3 is 0 Å². The average molecular weight is 350 g/mol. The Hall–Kier alpha value is -2.40. The zero-order valence-corrected chi connectivity index (χ0v) is 15.5. The Bertz CT molecular complexity index is 914. The number of nitrogens with zero attached hydrogens (tertiary/aromatic N) is 3. The van der Waals surface area contributed by atoms with Crippen LogP contribution >= 0.6 is 0 Å². The minimum absolute atomic E-state index is 0.569. The van der Waals surface area contributed by atoms with Crippen LogP contribution in [0.25, 0.3) is 5.69 Å². The molecule has 0 saturated heterocycles. The fourth-order valence-electron chi connectivity index (χ4n) is 3.32. The Morgan fingerprint density at radius 1 is 1.16 bits per heavy atom. The first-order chi connectivity index (χ1) is 12.0. The quantitative estimate of drug-likeness (QED) is 0.574. The van der Waals surface area contributed by atoms with Gasteiger partial charge in [-0.1, -0.05) is 25.1 Å². The summed E-state index contributed by atoms with van der Waals surface area (Å²) < 4.78 is 3.79. The van der Waals surface area contributed by atoms with Crippen LogP contribution in [0.5, 0.6) is 0 Å². The third-order valence-electron chi connectivity index (χ3n) is 5.06. The van der Waals surface area contributed by atoms with Crippen molar-refractivity contribution in [3.05, 3.63) is 59.9 Å². The molecule has 1 heterocycles. The molecule has 1 aromatic heterocycles. The van der Waals surface area contributed by atoms with E-state index in [-0.39, 0.29) is 0 Å². The van der Waals surface area contributed by atoms with Crippen LogP contribution in [0.1, 0.15) is 30.7 Å². The normalized spacial score (nSPS) is 19.0. The number of hydrogen-bond donors (Lipinski definition) is 1. The molecular weight excluding hydrogens is 328 g/mol. The van der Waals surface area contributed by atoms with Gasteiger partial charge in [-0.15, -0.1) is 4.68 Å². The minimum Gasteiger partial charge on any atom is -0.702 e. The highest BCUT2D eigenvalue weighted by atomic mass is 32.1. The Kier molecular flexibility index (Phi) is 3.96. The number of aromatic nitrogens is 3. The Morgan fingerprint density at radius 2 is 1.88 bits per heavy atom. The molecule has 128 valence electrons. The lowest BCUT2D eigenvalue weighted by molar-refractivity contribution is -0.643. The fraction of sp³-hybridized carbons (Fsp3) is 0.300. The lowest BCUT2D eigenvalue weighted by atomic mass is 10.1. The van der Waals surface area contributed by atoms with Gasteiger partial charge in [0.25, 0.3) is 0 Å². The second-order valence-electron chi connectivity index (χ2n) is 6.91. The largest absolute Gasteiger partial charge is 0.702 e. The van der Waals surface area contributed by atoms with Crippen molar-refractivity contribution >= 4 is 24.0 Å². The molecule has 1 saturated carbocycles. The fourth-order valence-corrected chi connectivity index (χ4v) is 3.68. The number of anilines is 2. The van der Waals surface area contributed by atoms with E-state index in [2.05, 4.69) is 53.7 Å². The highest BCUT2D eigenvalue weighted by Gasteiger charge is 2.33. The van der Waals surface area contributed by atoms with Crippen molar-refractivity contribution in [2.45, 2.75) is 31.3 Å². The van der Waals surface area contributed by atoms with Crippen molar-refractivity contribution < 1.29 is 4.57 Å². The van der Waals surface area contributed by atoms with Gasteiger partial charge in [0.15, 0.2) is 5.16 Å². The molecule has 2 unspecified atom stereocenters. The summed E-state index contributed by atoms with van der Waals surface area (Å²) in [6.07, 6.45) is 1.32. The second-order valence-corrected chi connectivity index (χ2v) is 7.27. The van der Waals surface area contributed by atoms with E-state index in [0.717, 1.165) is 34.7 Å². The summed E-state index contributed by atoms with van der Waals surface area (Å²) in [7, 11) is 1.91. The summed E-state index contributed by atoms with van der Waals surface area (Å²) in [6, 6.07) is 17.0. The first-order valence-corrected chi connectivity index (χ1v) is 9.04. The molecule has 1 fully saturated rings. The molecule has 0 amide bonds. The van der Waals surface area contributed by atoms with Crippen LogP contribution in [0.15, 0.2) is 53.7 Å². The van der Waals surface area contributed by atoms with Gasteiger partial charge in [0, 0.05) is 29.5 Å². The molecule has 0 spiro atoms. The molecule has 4 nitrogen and oxygen atoms in total. The maximum absolute atomic E-state index is 5.38. The summed E-state index contributed by atoms with van der Waals surface area (Å²) in [5, 5.41) is 8.37. The highest BCUT2D eigenvalue weighted by molar-refractivity contribution is 7.58. The third kappa shape index (κ3) is 3.12. The predicted octanol–water partition coefficient (Wildman–Crippen LogP) is 3.78. The number of benzene rings is 2. The van der Waals surface area contributed by atoms with Gasteiger partial charge in [-0.3, -0.25) is 0 Å². The lowest BCUT2D eigenvalue weighted by Crippen LogP contribution is -2.35. The van der Waals surface area contributed by atoms with E-state index >= 15 is 0 Å². The van der Waals surface area contributed by atoms with Crippen LogP contribution in [0.2, 0.25) is 0 Å². The van der Waals surface area contributed by atoms with Gasteiger partial charge in [0.2, 0.25) is 5.82 Å². The van der Waals surface area contributed by atoms with Crippen molar-refractivity contribution in [3.8, 4) is 5.69 Å². The Balaban J connectivity index is 1.57. The van der Waals surface area contributed by atoms with Gasteiger partial charge < -0.3 is 17.9 Å². The topological polar surface area (TPSA) is 33.7 Å². The molecule has 3 aromatic rings. The lowest BCUT2D eigenvalue weighted by Gasteiger charge is -2.10. The molecule has 1 aliphatic carbocycles. The Morgan fingerprint density at radius 3 is 2.48 bits per heavy atom. The summed E-state index contributed by atoms with van der Waals surface area (Å²) in [4.78, 5) is 0. The molecule has 0 aliphatic heterocycles. The number of aryl methyl sites for hydroxylation is 1. The zero-order chi connectivity index (χ0) is 17.6. The van der Waals surface area contributed by atoms with Crippen LogP contribution < -0.4 is 9.88 Å². The summed E-state index contributed by atoms with van der Waals surface area (Å²) in [6.45, 7) is 4.33. The van der Waals surface area contributed by atoms with Crippen LogP contribution in [0.4, 0.5) is 11.4 Å². The maximum atomic E-state index is 5.38. The molecule has 25 heavy (non-hydrogen) atoms. The van der Waals surface area contributed by atoms with Crippen LogP contribution in [-0.2, 0) is 19.7 Å². The van der Waals surface area contributed by atoms with Crippen molar-refractivity contribution in [2.75, 3.05) is 5.32 Å². The molecule has 4 rings (SSSR count). The monoisotopic (exact) mass is 350 g/mol. The molecular formula is C20H22N4S. The van der Waals surface area contributed by atoms with E-state index in [9.17, 15) is 0 Å². The van der Waals surface area contributed by atoms with E-state index in [0.29, 0.717) is 5.16 Å². The van der Waals surface area contributed by atoms with Crippen LogP contribution in [0, 0.1) is 12.8 Å². The van der Waals surface area contributed by atoms with E-state index in [1.54, 1.807) is 4.68 Å². The zero-order valence-electron chi connectivity index (χ0n) is 14.7. The number of rotatable bonds is 4. The molecule has 1 N–H and O–H groups in total. The average Bonchev–Trinajstić information content (AvgIpc) is 3.26. The van der Waals surface area contributed by atoms with Crippen molar-refractivity contribution in [1.82, 2.24) is 9.78 Å². The first kappa shape index (κ1) is 16.1. The van der Waals surface area contributed by atoms with E-state index in [1.807, 2.05) is 30.7 Å². The van der Waals surface area contributed by atoms with Gasteiger partial charge in [0.1, 0.15) is 5.69 Å². The van der Waals surface area contributed by atoms with E-state index < -0.39 is 0 Å². The third-order valence-corrected chi connectivity index (χ3v) is 5.32. The number of nitrogens with one attached hydrogen (secondary N) is 1. The van der Waals surface area contributed by atoms with E-state index in [4.69, 9.17) is 12.6 Å². The minimum atomic E-state index is 0.569. The molecule has 0 radical (unpaired) electrons. The van der Waals surface area contributed by atoms with Gasteiger partial charge in [-0.25, -0.2) is 4.57 Å².